The van der Waals surface area contributed by atoms with E-state index in [9.17, 15) is 9.18 Å². The Balaban J connectivity index is 0.00000133. The third-order valence-corrected chi connectivity index (χ3v) is 4.10. The van der Waals surface area contributed by atoms with Crippen LogP contribution in [0.4, 0.5) is 4.39 Å². The molecule has 19 heavy (non-hydrogen) atoms. The number of aryl methyl sites for hydroxylation is 1. The third-order valence-electron chi connectivity index (χ3n) is 4.10. The van der Waals surface area contributed by atoms with Gasteiger partial charge < -0.3 is 10.2 Å². The molecule has 0 radical (unpaired) electrons. The normalized spacial score (nSPS) is 25.1. The molecule has 5 heteroatoms. The average Bonchev–Trinajstić information content (AvgIpc) is 2.87. The first-order chi connectivity index (χ1) is 8.65. The van der Waals surface area contributed by atoms with E-state index in [1.165, 1.54) is 12.1 Å². The Hall–Kier alpha value is -1.13. The van der Waals surface area contributed by atoms with Crippen LogP contribution in [-0.2, 0) is 0 Å². The number of nitrogens with zero attached hydrogens (tertiary/aromatic N) is 1. The van der Waals surface area contributed by atoms with Crippen molar-refractivity contribution >= 4 is 18.3 Å². The Kier molecular flexibility index (Phi) is 4.11. The third kappa shape index (κ3) is 2.60. The quantitative estimate of drug-likeness (QED) is 0.854. The molecule has 2 saturated heterocycles. The number of benzene rings is 1. The van der Waals surface area contributed by atoms with Gasteiger partial charge in [0.25, 0.3) is 5.91 Å². The molecule has 3 nitrogen and oxygen atoms in total. The first-order valence-corrected chi connectivity index (χ1v) is 6.41. The number of rotatable bonds is 1. The molecular weight excluding hydrogens is 267 g/mol. The summed E-state index contributed by atoms with van der Waals surface area (Å²) in [6.45, 7) is 5.46. The topological polar surface area (TPSA) is 32.3 Å². The molecule has 2 fully saturated rings. The van der Waals surface area contributed by atoms with E-state index in [0.717, 1.165) is 31.7 Å². The smallest absolute Gasteiger partial charge is 0.254 e. The van der Waals surface area contributed by atoms with Gasteiger partial charge in [-0.1, -0.05) is 0 Å². The second kappa shape index (κ2) is 5.47. The van der Waals surface area contributed by atoms with Gasteiger partial charge in [-0.3, -0.25) is 4.79 Å². The van der Waals surface area contributed by atoms with Crippen molar-refractivity contribution < 1.29 is 9.18 Å². The fourth-order valence-electron chi connectivity index (χ4n) is 3.06. The predicted octanol–water partition coefficient (Wildman–Crippen LogP) is 1.85. The number of fused-ring (bicyclic) bond motifs is 1. The first kappa shape index (κ1) is 14.3. The van der Waals surface area contributed by atoms with E-state index in [-0.39, 0.29) is 24.1 Å². The molecule has 0 bridgehead atoms. The highest BCUT2D eigenvalue weighted by molar-refractivity contribution is 5.95. The van der Waals surface area contributed by atoms with E-state index in [1.807, 2.05) is 4.90 Å². The summed E-state index contributed by atoms with van der Waals surface area (Å²) in [6, 6.07) is 4.38. The minimum absolute atomic E-state index is 0. The maximum Gasteiger partial charge on any atom is 0.254 e. The van der Waals surface area contributed by atoms with Crippen LogP contribution in [0.5, 0.6) is 0 Å². The van der Waals surface area contributed by atoms with Gasteiger partial charge in [0.2, 0.25) is 0 Å². The molecule has 0 spiro atoms. The molecule has 1 N–H and O–H groups in total. The maximum atomic E-state index is 13.0. The van der Waals surface area contributed by atoms with Gasteiger partial charge in [0.1, 0.15) is 5.82 Å². The van der Waals surface area contributed by atoms with Crippen LogP contribution >= 0.6 is 12.4 Å². The summed E-state index contributed by atoms with van der Waals surface area (Å²) in [4.78, 5) is 14.3. The van der Waals surface area contributed by atoms with E-state index in [0.29, 0.717) is 17.4 Å². The number of amides is 1. The van der Waals surface area contributed by atoms with Gasteiger partial charge in [-0.15, -0.1) is 12.4 Å². The maximum absolute atomic E-state index is 13.0. The highest BCUT2D eigenvalue weighted by Gasteiger charge is 2.38. The van der Waals surface area contributed by atoms with Crippen LogP contribution in [0.3, 0.4) is 0 Å². The van der Waals surface area contributed by atoms with E-state index < -0.39 is 0 Å². The summed E-state index contributed by atoms with van der Waals surface area (Å²) in [6.07, 6.45) is 0. The van der Waals surface area contributed by atoms with Crippen molar-refractivity contribution in [2.45, 2.75) is 6.92 Å². The Morgan fingerprint density at radius 1 is 1.32 bits per heavy atom. The molecule has 0 saturated carbocycles. The monoisotopic (exact) mass is 284 g/mol. The lowest BCUT2D eigenvalue weighted by molar-refractivity contribution is 0.0781. The molecule has 1 aromatic carbocycles. The van der Waals surface area contributed by atoms with Crippen molar-refractivity contribution in [2.24, 2.45) is 11.8 Å². The molecule has 2 atom stereocenters. The number of hydrogen-bond acceptors (Lipinski definition) is 2. The molecule has 0 aromatic heterocycles. The van der Waals surface area contributed by atoms with Gasteiger partial charge in [0, 0.05) is 31.7 Å². The number of carbonyl (C=O) groups excluding carboxylic acids is 1. The summed E-state index contributed by atoms with van der Waals surface area (Å²) in [5.41, 5.74) is 1.35. The Bertz CT molecular complexity index is 482. The van der Waals surface area contributed by atoms with Crippen molar-refractivity contribution in [3.05, 3.63) is 35.1 Å². The highest BCUT2D eigenvalue weighted by Crippen LogP contribution is 2.28. The van der Waals surface area contributed by atoms with Gasteiger partial charge in [0.05, 0.1) is 0 Å². The molecule has 1 amide bonds. The Morgan fingerprint density at radius 2 is 1.95 bits per heavy atom. The summed E-state index contributed by atoms with van der Waals surface area (Å²) in [7, 11) is 0. The molecular formula is C14H18ClFN2O. The summed E-state index contributed by atoms with van der Waals surface area (Å²) < 4.78 is 13.0. The van der Waals surface area contributed by atoms with Crippen molar-refractivity contribution in [1.29, 1.82) is 0 Å². The van der Waals surface area contributed by atoms with Crippen LogP contribution in [0.1, 0.15) is 15.9 Å². The van der Waals surface area contributed by atoms with Crippen LogP contribution in [0.15, 0.2) is 18.2 Å². The predicted molar refractivity (Wildman–Crippen MR) is 74.1 cm³/mol. The first-order valence-electron chi connectivity index (χ1n) is 6.41. The number of hydrogen-bond donors (Lipinski definition) is 1. The van der Waals surface area contributed by atoms with E-state index in [2.05, 4.69) is 5.32 Å². The fraction of sp³-hybridized carbons (Fsp3) is 0.500. The second-order valence-electron chi connectivity index (χ2n) is 5.35. The molecule has 0 aliphatic carbocycles. The van der Waals surface area contributed by atoms with Gasteiger partial charge in [0.15, 0.2) is 0 Å². The SMILES string of the molecule is Cc1cc(F)ccc1C(=O)N1C[C@H]2CNC[C@H]2C1.Cl. The molecule has 104 valence electrons. The number of nitrogens with one attached hydrogen (secondary N) is 1. The number of carbonyl (C=O) groups is 1. The lowest BCUT2D eigenvalue weighted by atomic mass is 10.0. The number of halogens is 2. The average molecular weight is 285 g/mol. The van der Waals surface area contributed by atoms with Crippen LogP contribution in [0.2, 0.25) is 0 Å². The minimum Gasteiger partial charge on any atom is -0.338 e. The largest absolute Gasteiger partial charge is 0.338 e. The van der Waals surface area contributed by atoms with E-state index >= 15 is 0 Å². The Morgan fingerprint density at radius 3 is 2.53 bits per heavy atom. The van der Waals surface area contributed by atoms with Crippen molar-refractivity contribution in [3.63, 3.8) is 0 Å². The van der Waals surface area contributed by atoms with Crippen LogP contribution in [0.25, 0.3) is 0 Å². The van der Waals surface area contributed by atoms with Crippen LogP contribution in [-0.4, -0.2) is 37.0 Å². The zero-order chi connectivity index (χ0) is 12.7. The van der Waals surface area contributed by atoms with Crippen LogP contribution < -0.4 is 5.32 Å². The summed E-state index contributed by atoms with van der Waals surface area (Å²) in [5, 5.41) is 3.35. The minimum atomic E-state index is -0.286. The molecule has 2 heterocycles. The standard InChI is InChI=1S/C14H17FN2O.ClH/c1-9-4-12(15)2-3-13(9)14(18)17-7-10-5-16-6-11(10)8-17;/h2-4,10-11,16H,5-8H2,1H3;1H/t10-,11+;. The molecule has 3 rings (SSSR count). The highest BCUT2D eigenvalue weighted by atomic mass is 35.5. The number of likely N-dealkylation sites (tertiary alicyclic amines) is 1. The lowest BCUT2D eigenvalue weighted by Gasteiger charge is -2.18. The van der Waals surface area contributed by atoms with E-state index in [4.69, 9.17) is 0 Å². The Labute approximate surface area is 118 Å². The van der Waals surface area contributed by atoms with Crippen molar-refractivity contribution in [3.8, 4) is 0 Å². The van der Waals surface area contributed by atoms with Gasteiger partial charge in [-0.2, -0.15) is 0 Å². The van der Waals surface area contributed by atoms with Crippen LogP contribution in [0, 0.1) is 24.6 Å². The zero-order valence-electron chi connectivity index (χ0n) is 10.9. The van der Waals surface area contributed by atoms with E-state index in [1.54, 1.807) is 13.0 Å². The summed E-state index contributed by atoms with van der Waals surface area (Å²) >= 11 is 0. The lowest BCUT2D eigenvalue weighted by Crippen LogP contribution is -2.32. The van der Waals surface area contributed by atoms with Gasteiger partial charge in [-0.05, 0) is 42.5 Å². The van der Waals surface area contributed by atoms with Gasteiger partial charge in [-0.25, -0.2) is 4.39 Å². The van der Waals surface area contributed by atoms with Crippen molar-refractivity contribution in [1.82, 2.24) is 10.2 Å². The molecule has 0 unspecified atom stereocenters. The zero-order valence-corrected chi connectivity index (χ0v) is 11.7. The summed E-state index contributed by atoms with van der Waals surface area (Å²) in [5.74, 6) is 0.942. The second-order valence-corrected chi connectivity index (χ2v) is 5.35. The van der Waals surface area contributed by atoms with Gasteiger partial charge >= 0.3 is 0 Å². The fourth-order valence-corrected chi connectivity index (χ4v) is 3.06. The molecule has 2 aliphatic heterocycles. The molecule has 2 aliphatic rings. The van der Waals surface area contributed by atoms with Crippen molar-refractivity contribution in [2.75, 3.05) is 26.2 Å². The molecule has 1 aromatic rings.